The van der Waals surface area contributed by atoms with Crippen molar-refractivity contribution in [3.05, 3.63) is 74.0 Å². The van der Waals surface area contributed by atoms with E-state index in [0.717, 1.165) is 12.1 Å². The number of nitrogens with zero attached hydrogens (tertiary/aromatic N) is 2. The lowest BCUT2D eigenvalue weighted by Gasteiger charge is -2.10. The molecule has 0 aliphatic heterocycles. The van der Waals surface area contributed by atoms with Crippen molar-refractivity contribution < 1.29 is 27.6 Å². The van der Waals surface area contributed by atoms with Crippen LogP contribution in [0.4, 0.5) is 24.5 Å². The number of halogens is 5. The molecule has 13 heteroatoms. The van der Waals surface area contributed by atoms with Crippen LogP contribution in [0.3, 0.4) is 0 Å². The first-order chi connectivity index (χ1) is 14.0. The summed E-state index contributed by atoms with van der Waals surface area (Å²) in [6.07, 6.45) is -4.71. The van der Waals surface area contributed by atoms with Gasteiger partial charge in [0.1, 0.15) is 17.2 Å². The van der Waals surface area contributed by atoms with Gasteiger partial charge in [-0.15, -0.1) is 0 Å². The summed E-state index contributed by atoms with van der Waals surface area (Å²) in [7, 11) is 0. The zero-order chi connectivity index (χ0) is 22.1. The molecule has 3 aromatic rings. The van der Waals surface area contributed by atoms with Crippen LogP contribution in [0.5, 0.6) is 11.5 Å². The number of carbonyl (C=O) groups is 1. The molecule has 3 rings (SSSR count). The highest BCUT2D eigenvalue weighted by molar-refractivity contribution is 6.35. The average Bonchev–Trinajstić information content (AvgIpc) is 3.14. The monoisotopic (exact) mass is 460 g/mol. The van der Waals surface area contributed by atoms with Gasteiger partial charge >= 0.3 is 6.18 Å². The zero-order valence-corrected chi connectivity index (χ0v) is 16.0. The summed E-state index contributed by atoms with van der Waals surface area (Å²) in [6, 6.07) is 8.14. The number of ether oxygens (including phenoxy) is 1. The zero-order valence-electron chi connectivity index (χ0n) is 14.5. The number of anilines is 1. The molecule has 2 aromatic carbocycles. The molecular formula is C17H9Cl2F3N4O4. The van der Waals surface area contributed by atoms with E-state index in [-0.39, 0.29) is 22.2 Å². The predicted octanol–water partition coefficient (Wildman–Crippen LogP) is 5.69. The molecule has 0 saturated heterocycles. The van der Waals surface area contributed by atoms with Crippen molar-refractivity contribution in [3.63, 3.8) is 0 Å². The van der Waals surface area contributed by atoms with Gasteiger partial charge in [-0.25, -0.2) is 0 Å². The number of hydrogen-bond acceptors (Lipinski definition) is 5. The lowest BCUT2D eigenvalue weighted by Crippen LogP contribution is -2.12. The Bertz CT molecular complexity index is 1130. The fourth-order valence-electron chi connectivity index (χ4n) is 2.28. The quantitative estimate of drug-likeness (QED) is 0.375. The van der Waals surface area contributed by atoms with Crippen LogP contribution >= 0.6 is 23.2 Å². The maximum Gasteiger partial charge on any atom is 0.432 e. The van der Waals surface area contributed by atoms with Crippen molar-refractivity contribution in [2.24, 2.45) is 0 Å². The van der Waals surface area contributed by atoms with Crippen LogP contribution in [-0.2, 0) is 6.18 Å². The van der Waals surface area contributed by atoms with E-state index < -0.39 is 34.1 Å². The van der Waals surface area contributed by atoms with E-state index in [0.29, 0.717) is 11.1 Å². The van der Waals surface area contributed by atoms with Crippen molar-refractivity contribution in [2.45, 2.75) is 6.18 Å². The Hall–Kier alpha value is -3.31. The van der Waals surface area contributed by atoms with Gasteiger partial charge in [-0.1, -0.05) is 23.2 Å². The first-order valence-electron chi connectivity index (χ1n) is 7.89. The number of amides is 1. The third-order valence-corrected chi connectivity index (χ3v) is 4.13. The Balaban J connectivity index is 1.88. The van der Waals surface area contributed by atoms with Crippen molar-refractivity contribution in [1.29, 1.82) is 0 Å². The van der Waals surface area contributed by atoms with E-state index in [1.54, 1.807) is 5.10 Å². The van der Waals surface area contributed by atoms with Gasteiger partial charge in [-0.05, 0) is 18.2 Å². The molecular weight excluding hydrogens is 452 g/mol. The van der Waals surface area contributed by atoms with E-state index in [1.165, 1.54) is 24.3 Å². The van der Waals surface area contributed by atoms with Crippen LogP contribution in [0.25, 0.3) is 0 Å². The number of nitro benzene ring substituents is 1. The van der Waals surface area contributed by atoms with E-state index in [2.05, 4.69) is 10.4 Å². The minimum Gasteiger partial charge on any atom is -0.455 e. The number of rotatable bonds is 5. The molecule has 1 heterocycles. The number of nitro groups is 1. The third kappa shape index (κ3) is 4.99. The molecule has 30 heavy (non-hydrogen) atoms. The van der Waals surface area contributed by atoms with Gasteiger partial charge in [-0.3, -0.25) is 20.0 Å². The van der Waals surface area contributed by atoms with Crippen LogP contribution in [0.2, 0.25) is 10.0 Å². The molecule has 0 aliphatic rings. The second-order valence-electron chi connectivity index (χ2n) is 5.77. The van der Waals surface area contributed by atoms with Crippen molar-refractivity contribution >= 4 is 40.5 Å². The molecule has 2 N–H and O–H groups in total. The molecule has 0 bridgehead atoms. The Labute approximate surface area is 175 Å². The molecule has 0 fully saturated rings. The van der Waals surface area contributed by atoms with E-state index >= 15 is 0 Å². The standard InChI is InChI=1S/C17H9Cl2F3N4O4/c18-8-1-2-14(12(19)3-8)30-11-5-9(4-10(6-11)26(28)29)23-16(27)13-7-15(25-24-13)17(20,21)22/h1-7H,(H,23,27)(H,24,25). The maximum atomic E-state index is 12.6. The molecule has 0 atom stereocenters. The summed E-state index contributed by atoms with van der Waals surface area (Å²) in [6.45, 7) is 0. The predicted molar refractivity (Wildman–Crippen MR) is 101 cm³/mol. The molecule has 0 unspecified atom stereocenters. The minimum atomic E-state index is -4.71. The SMILES string of the molecule is O=C(Nc1cc(Oc2ccc(Cl)cc2Cl)cc([N+](=O)[O-])c1)c1cc(C(F)(F)F)[nH]n1. The second kappa shape index (κ2) is 8.20. The van der Waals surface area contributed by atoms with Crippen LogP contribution in [0, 0.1) is 10.1 Å². The van der Waals surface area contributed by atoms with Crippen LogP contribution in [0.1, 0.15) is 16.2 Å². The van der Waals surface area contributed by atoms with E-state index in [1.807, 2.05) is 0 Å². The Morgan fingerprint density at radius 3 is 2.50 bits per heavy atom. The van der Waals surface area contributed by atoms with Gasteiger partial charge in [0.15, 0.2) is 5.69 Å². The number of H-pyrrole nitrogens is 1. The summed E-state index contributed by atoms with van der Waals surface area (Å²) in [4.78, 5) is 22.6. The van der Waals surface area contributed by atoms with Crippen molar-refractivity contribution in [3.8, 4) is 11.5 Å². The summed E-state index contributed by atoms with van der Waals surface area (Å²) in [5.41, 5.74) is -2.32. The average molecular weight is 461 g/mol. The van der Waals surface area contributed by atoms with E-state index in [4.69, 9.17) is 27.9 Å². The summed E-state index contributed by atoms with van der Waals surface area (Å²) in [5.74, 6) is -0.930. The number of alkyl halides is 3. The maximum absolute atomic E-state index is 12.6. The molecule has 0 saturated carbocycles. The van der Waals surface area contributed by atoms with Gasteiger partial charge < -0.3 is 10.1 Å². The van der Waals surface area contributed by atoms with Gasteiger partial charge in [-0.2, -0.15) is 18.3 Å². The van der Waals surface area contributed by atoms with Gasteiger partial charge in [0.25, 0.3) is 11.6 Å². The molecule has 8 nitrogen and oxygen atoms in total. The van der Waals surface area contributed by atoms with E-state index in [9.17, 15) is 28.1 Å². The highest BCUT2D eigenvalue weighted by atomic mass is 35.5. The topological polar surface area (TPSA) is 110 Å². The number of hydrogen-bond donors (Lipinski definition) is 2. The Morgan fingerprint density at radius 2 is 1.90 bits per heavy atom. The number of aromatic nitrogens is 2. The van der Waals surface area contributed by atoms with Gasteiger partial charge in [0.05, 0.1) is 21.7 Å². The van der Waals surface area contributed by atoms with Crippen LogP contribution in [0.15, 0.2) is 42.5 Å². The third-order valence-electron chi connectivity index (χ3n) is 3.60. The van der Waals surface area contributed by atoms with Gasteiger partial charge in [0, 0.05) is 23.2 Å². The minimum absolute atomic E-state index is 0.0540. The molecule has 156 valence electrons. The summed E-state index contributed by atoms with van der Waals surface area (Å²) < 4.78 is 43.4. The highest BCUT2D eigenvalue weighted by Crippen LogP contribution is 2.35. The first-order valence-corrected chi connectivity index (χ1v) is 8.65. The Morgan fingerprint density at radius 1 is 1.17 bits per heavy atom. The molecule has 0 spiro atoms. The van der Waals surface area contributed by atoms with Crippen molar-refractivity contribution in [2.75, 3.05) is 5.32 Å². The fourth-order valence-corrected chi connectivity index (χ4v) is 2.73. The normalized spacial score (nSPS) is 11.2. The highest BCUT2D eigenvalue weighted by Gasteiger charge is 2.33. The number of aromatic amines is 1. The number of non-ortho nitro benzene ring substituents is 1. The lowest BCUT2D eigenvalue weighted by atomic mass is 10.2. The number of carbonyl (C=O) groups excluding carboxylic acids is 1. The second-order valence-corrected chi connectivity index (χ2v) is 6.61. The number of benzene rings is 2. The largest absolute Gasteiger partial charge is 0.455 e. The molecule has 1 aromatic heterocycles. The lowest BCUT2D eigenvalue weighted by molar-refractivity contribution is -0.384. The molecule has 0 aliphatic carbocycles. The summed E-state index contributed by atoms with van der Waals surface area (Å²) in [5, 5.41) is 18.9. The van der Waals surface area contributed by atoms with Crippen LogP contribution in [-0.4, -0.2) is 21.0 Å². The molecule has 0 radical (unpaired) electrons. The molecule has 1 amide bonds. The van der Waals surface area contributed by atoms with Crippen LogP contribution < -0.4 is 10.1 Å². The summed E-state index contributed by atoms with van der Waals surface area (Å²) >= 11 is 11.8. The number of nitrogens with one attached hydrogen (secondary N) is 2. The Kier molecular flexibility index (Phi) is 5.85. The smallest absolute Gasteiger partial charge is 0.432 e. The fraction of sp³-hybridized carbons (Fsp3) is 0.0588. The van der Waals surface area contributed by atoms with Gasteiger partial charge in [0.2, 0.25) is 0 Å². The van der Waals surface area contributed by atoms with Crippen molar-refractivity contribution in [1.82, 2.24) is 10.2 Å². The first kappa shape index (κ1) is 21.4.